The summed E-state index contributed by atoms with van der Waals surface area (Å²) in [6.45, 7) is 4.19. The molecule has 0 amide bonds. The van der Waals surface area contributed by atoms with Gasteiger partial charge in [-0.25, -0.2) is 4.79 Å². The number of carbonyl (C=O) groups excluding carboxylic acids is 1. The number of hydrogen-bond acceptors (Lipinski definition) is 3. The van der Waals surface area contributed by atoms with Gasteiger partial charge in [0.1, 0.15) is 5.57 Å². The van der Waals surface area contributed by atoms with Crippen molar-refractivity contribution in [1.82, 2.24) is 0 Å². The first kappa shape index (κ1) is 17.4. The summed E-state index contributed by atoms with van der Waals surface area (Å²) in [5.41, 5.74) is 2.34. The molecule has 0 aliphatic carbocycles. The topological polar surface area (TPSA) is 35.5 Å². The molecule has 0 saturated heterocycles. The Morgan fingerprint density at radius 1 is 1.36 bits per heavy atom. The summed E-state index contributed by atoms with van der Waals surface area (Å²) in [7, 11) is 2.80. The number of benzene rings is 1. The number of methoxy groups -OCH3 is 2. The Morgan fingerprint density at radius 2 is 2.09 bits per heavy atom. The molecule has 0 radical (unpaired) electrons. The third-order valence-corrected chi connectivity index (χ3v) is 2.85. The van der Waals surface area contributed by atoms with Crippen LogP contribution in [-0.4, -0.2) is 20.2 Å². The molecular weight excluding hydrogens is 276 g/mol. The molecular formula is C19H20O3. The van der Waals surface area contributed by atoms with Gasteiger partial charge in [0.25, 0.3) is 0 Å². The van der Waals surface area contributed by atoms with E-state index in [1.807, 2.05) is 0 Å². The summed E-state index contributed by atoms with van der Waals surface area (Å²) in [4.78, 5) is 11.9. The first-order valence-electron chi connectivity index (χ1n) is 6.94. The standard InChI is InChI=1S/C19H20O3/c1-6-15-10-11-17(18(13-21-4)19(20)22-5)16(12-15)9-7-8-14(2)3/h1,10-14H,8H2,2-5H3/b18-13+. The summed E-state index contributed by atoms with van der Waals surface area (Å²) in [5, 5.41) is 0. The largest absolute Gasteiger partial charge is 0.503 e. The molecule has 0 bridgehead atoms. The fraction of sp³-hybridized carbons (Fsp3) is 0.316. The van der Waals surface area contributed by atoms with E-state index < -0.39 is 5.97 Å². The van der Waals surface area contributed by atoms with Crippen molar-refractivity contribution in [3.63, 3.8) is 0 Å². The van der Waals surface area contributed by atoms with Crippen LogP contribution >= 0.6 is 0 Å². The van der Waals surface area contributed by atoms with E-state index in [1.165, 1.54) is 20.5 Å². The Hall–Kier alpha value is -2.65. The monoisotopic (exact) mass is 296 g/mol. The number of rotatable bonds is 4. The van der Waals surface area contributed by atoms with Gasteiger partial charge in [0.15, 0.2) is 0 Å². The van der Waals surface area contributed by atoms with Gasteiger partial charge in [-0.1, -0.05) is 37.7 Å². The van der Waals surface area contributed by atoms with Crippen molar-refractivity contribution in [2.24, 2.45) is 5.92 Å². The van der Waals surface area contributed by atoms with Crippen molar-refractivity contribution >= 4 is 11.5 Å². The molecule has 0 fully saturated rings. The van der Waals surface area contributed by atoms with Crippen molar-refractivity contribution in [3.8, 4) is 24.2 Å². The quantitative estimate of drug-likeness (QED) is 0.370. The smallest absolute Gasteiger partial charge is 0.341 e. The van der Waals surface area contributed by atoms with Crippen LogP contribution < -0.4 is 0 Å². The highest BCUT2D eigenvalue weighted by atomic mass is 16.5. The molecule has 3 heteroatoms. The van der Waals surface area contributed by atoms with Gasteiger partial charge >= 0.3 is 5.97 Å². The Balaban J connectivity index is 3.38. The maximum atomic E-state index is 11.9. The van der Waals surface area contributed by atoms with E-state index in [-0.39, 0.29) is 0 Å². The van der Waals surface area contributed by atoms with E-state index >= 15 is 0 Å². The van der Waals surface area contributed by atoms with Crippen molar-refractivity contribution in [1.29, 1.82) is 0 Å². The predicted octanol–water partition coefficient (Wildman–Crippen LogP) is 3.23. The minimum Gasteiger partial charge on any atom is -0.503 e. The molecule has 0 N–H and O–H groups in total. The first-order chi connectivity index (χ1) is 10.5. The Morgan fingerprint density at radius 3 is 2.64 bits per heavy atom. The third kappa shape index (κ3) is 4.72. The molecule has 0 spiro atoms. The number of hydrogen-bond donors (Lipinski definition) is 0. The zero-order valence-corrected chi connectivity index (χ0v) is 13.4. The Labute approximate surface area is 132 Å². The van der Waals surface area contributed by atoms with Gasteiger partial charge in [0.05, 0.1) is 20.5 Å². The SMILES string of the molecule is C#Cc1ccc(/C(=C\OC)C(=O)OC)c(C#CCC(C)C)c1. The maximum absolute atomic E-state index is 11.9. The number of terminal acetylenes is 1. The zero-order chi connectivity index (χ0) is 16.5. The van der Waals surface area contributed by atoms with Gasteiger partial charge in [-0.15, -0.1) is 6.42 Å². The summed E-state index contributed by atoms with van der Waals surface area (Å²) in [6, 6.07) is 5.31. The third-order valence-electron chi connectivity index (χ3n) is 2.85. The van der Waals surface area contributed by atoms with Crippen LogP contribution in [0, 0.1) is 30.1 Å². The number of esters is 1. The van der Waals surface area contributed by atoms with Gasteiger partial charge in [0.2, 0.25) is 0 Å². The minimum atomic E-state index is -0.484. The Bertz CT molecular complexity index is 664. The van der Waals surface area contributed by atoms with Crippen LogP contribution in [0.1, 0.15) is 37.0 Å². The van der Waals surface area contributed by atoms with Crippen LogP contribution in [0.25, 0.3) is 5.57 Å². The van der Waals surface area contributed by atoms with Crippen LogP contribution in [0.5, 0.6) is 0 Å². The molecule has 0 saturated carbocycles. The molecule has 0 heterocycles. The molecule has 1 aromatic rings. The summed E-state index contributed by atoms with van der Waals surface area (Å²) in [6.07, 6.45) is 7.55. The lowest BCUT2D eigenvalue weighted by atomic mass is 9.98. The average molecular weight is 296 g/mol. The fourth-order valence-corrected chi connectivity index (χ4v) is 1.77. The van der Waals surface area contributed by atoms with E-state index in [0.29, 0.717) is 28.2 Å². The Kier molecular flexibility index (Phi) is 6.80. The van der Waals surface area contributed by atoms with Crippen LogP contribution in [0.2, 0.25) is 0 Å². The van der Waals surface area contributed by atoms with Crippen molar-refractivity contribution in [2.75, 3.05) is 14.2 Å². The van der Waals surface area contributed by atoms with E-state index in [4.69, 9.17) is 15.9 Å². The molecule has 22 heavy (non-hydrogen) atoms. The molecule has 114 valence electrons. The van der Waals surface area contributed by atoms with Gasteiger partial charge in [0, 0.05) is 23.1 Å². The van der Waals surface area contributed by atoms with Crippen molar-refractivity contribution in [3.05, 3.63) is 41.2 Å². The van der Waals surface area contributed by atoms with Gasteiger partial charge < -0.3 is 9.47 Å². The average Bonchev–Trinajstić information content (AvgIpc) is 2.51. The second-order valence-electron chi connectivity index (χ2n) is 5.06. The minimum absolute atomic E-state index is 0.308. The van der Waals surface area contributed by atoms with E-state index in [9.17, 15) is 4.79 Å². The molecule has 0 unspecified atom stereocenters. The van der Waals surface area contributed by atoms with Crippen LogP contribution in [0.15, 0.2) is 24.5 Å². The predicted molar refractivity (Wildman–Crippen MR) is 87.7 cm³/mol. The van der Waals surface area contributed by atoms with Crippen LogP contribution in [0.4, 0.5) is 0 Å². The van der Waals surface area contributed by atoms with E-state index in [1.54, 1.807) is 18.2 Å². The zero-order valence-electron chi connectivity index (χ0n) is 13.4. The fourth-order valence-electron chi connectivity index (χ4n) is 1.77. The molecule has 0 aromatic heterocycles. The van der Waals surface area contributed by atoms with Gasteiger partial charge in [-0.05, 0) is 18.1 Å². The number of carbonyl (C=O) groups is 1. The lowest BCUT2D eigenvalue weighted by Crippen LogP contribution is -2.06. The first-order valence-corrected chi connectivity index (χ1v) is 6.94. The molecule has 3 nitrogen and oxygen atoms in total. The summed E-state index contributed by atoms with van der Waals surface area (Å²) < 4.78 is 9.78. The molecule has 1 aromatic carbocycles. The lowest BCUT2D eigenvalue weighted by Gasteiger charge is -2.08. The van der Waals surface area contributed by atoms with Crippen LogP contribution in [-0.2, 0) is 14.3 Å². The normalized spacial score (nSPS) is 10.5. The second kappa shape index (κ2) is 8.60. The highest BCUT2D eigenvalue weighted by molar-refractivity contribution is 6.16. The highest BCUT2D eigenvalue weighted by Gasteiger charge is 2.16. The highest BCUT2D eigenvalue weighted by Crippen LogP contribution is 2.22. The molecule has 0 aliphatic heterocycles. The van der Waals surface area contributed by atoms with Gasteiger partial charge in [-0.2, -0.15) is 0 Å². The molecule has 0 atom stereocenters. The van der Waals surface area contributed by atoms with Crippen molar-refractivity contribution in [2.45, 2.75) is 20.3 Å². The van der Waals surface area contributed by atoms with E-state index in [0.717, 1.165) is 6.42 Å². The summed E-state index contributed by atoms with van der Waals surface area (Å²) >= 11 is 0. The second-order valence-corrected chi connectivity index (χ2v) is 5.06. The van der Waals surface area contributed by atoms with Crippen LogP contribution in [0.3, 0.4) is 0 Å². The molecule has 1 rings (SSSR count). The van der Waals surface area contributed by atoms with Gasteiger partial charge in [-0.3, -0.25) is 0 Å². The van der Waals surface area contributed by atoms with Crippen molar-refractivity contribution < 1.29 is 14.3 Å². The van der Waals surface area contributed by atoms with E-state index in [2.05, 4.69) is 31.6 Å². The summed E-state index contributed by atoms with van der Waals surface area (Å²) in [5.74, 6) is 8.76. The maximum Gasteiger partial charge on any atom is 0.341 e. The number of ether oxygens (including phenoxy) is 2. The molecule has 0 aliphatic rings. The lowest BCUT2D eigenvalue weighted by molar-refractivity contribution is -0.133.